The van der Waals surface area contributed by atoms with Crippen LogP contribution in [-0.4, -0.2) is 26.6 Å². The van der Waals surface area contributed by atoms with E-state index in [1.807, 2.05) is 61.5 Å². The van der Waals surface area contributed by atoms with Crippen LogP contribution in [-0.2, 0) is 29.6 Å². The van der Waals surface area contributed by atoms with Crippen molar-refractivity contribution in [1.82, 2.24) is 5.32 Å². The van der Waals surface area contributed by atoms with Crippen molar-refractivity contribution in [2.75, 3.05) is 10.6 Å². The summed E-state index contributed by atoms with van der Waals surface area (Å²) < 4.78 is 31.4. The van der Waals surface area contributed by atoms with E-state index in [4.69, 9.17) is 4.74 Å². The van der Waals surface area contributed by atoms with Gasteiger partial charge in [0.1, 0.15) is 12.4 Å². The molecule has 6 nitrogen and oxygen atoms in total. The second kappa shape index (κ2) is 9.04. The van der Waals surface area contributed by atoms with E-state index in [1.165, 1.54) is 10.6 Å². The topological polar surface area (TPSA) is 75.7 Å². The first-order chi connectivity index (χ1) is 15.3. The highest BCUT2D eigenvalue weighted by Crippen LogP contribution is 2.34. The normalized spacial score (nSPS) is 15.3. The van der Waals surface area contributed by atoms with Crippen molar-refractivity contribution < 1.29 is 17.9 Å². The number of sulfonamides is 1. The zero-order chi connectivity index (χ0) is 22.7. The highest BCUT2D eigenvalue weighted by atomic mass is 32.2. The fraction of sp³-hybridized carbons (Fsp3) is 0.240. The van der Waals surface area contributed by atoms with E-state index in [-0.39, 0.29) is 11.9 Å². The number of fused-ring (bicyclic) bond motifs is 1. The van der Waals surface area contributed by atoms with E-state index >= 15 is 0 Å². The van der Waals surface area contributed by atoms with Crippen LogP contribution >= 0.6 is 0 Å². The number of hydrogen-bond acceptors (Lipinski definition) is 4. The minimum atomic E-state index is -3.35. The molecule has 0 aliphatic carbocycles. The lowest BCUT2D eigenvalue weighted by atomic mass is 10.1. The van der Waals surface area contributed by atoms with Crippen molar-refractivity contribution in [2.45, 2.75) is 32.5 Å². The Labute approximate surface area is 188 Å². The predicted molar refractivity (Wildman–Crippen MR) is 125 cm³/mol. The summed E-state index contributed by atoms with van der Waals surface area (Å²) in [5.41, 5.74) is 4.05. The molecule has 0 bridgehead atoms. The summed E-state index contributed by atoms with van der Waals surface area (Å²) in [5.74, 6) is 0.621. The summed E-state index contributed by atoms with van der Waals surface area (Å²) >= 11 is 0. The number of nitrogens with one attached hydrogen (secondary N) is 1. The predicted octanol–water partition coefficient (Wildman–Crippen LogP) is 3.91. The van der Waals surface area contributed by atoms with Gasteiger partial charge in [-0.25, -0.2) is 8.42 Å². The van der Waals surface area contributed by atoms with E-state index in [0.29, 0.717) is 30.8 Å². The molecule has 1 unspecified atom stereocenters. The van der Waals surface area contributed by atoms with Crippen molar-refractivity contribution in [2.24, 2.45) is 0 Å². The van der Waals surface area contributed by atoms with Gasteiger partial charge in [-0.1, -0.05) is 42.5 Å². The van der Waals surface area contributed by atoms with Gasteiger partial charge >= 0.3 is 0 Å². The molecule has 32 heavy (non-hydrogen) atoms. The molecule has 0 spiro atoms. The van der Waals surface area contributed by atoms with Gasteiger partial charge in [-0.2, -0.15) is 0 Å². The minimum absolute atomic E-state index is 0.154. The van der Waals surface area contributed by atoms with E-state index in [0.717, 1.165) is 22.4 Å². The number of carbonyl (C=O) groups excluding carboxylic acids is 1. The summed E-state index contributed by atoms with van der Waals surface area (Å²) in [6, 6.07) is 22.6. The Bertz CT molecular complexity index is 1230. The number of hydrogen-bond donors (Lipinski definition) is 1. The third-order valence-electron chi connectivity index (χ3n) is 5.45. The Kier molecular flexibility index (Phi) is 6.19. The van der Waals surface area contributed by atoms with Gasteiger partial charge in [0.25, 0.3) is 5.91 Å². The molecular formula is C25H26N2O4S. The molecule has 1 aliphatic rings. The lowest BCUT2D eigenvalue weighted by Gasteiger charge is -2.21. The maximum atomic E-state index is 12.7. The smallest absolute Gasteiger partial charge is 0.251 e. The van der Waals surface area contributed by atoms with Gasteiger partial charge in [-0.15, -0.1) is 0 Å². The first-order valence-corrected chi connectivity index (χ1v) is 12.3. The average Bonchev–Trinajstić information content (AvgIpc) is 3.12. The number of ether oxygens (including phenoxy) is 1. The monoisotopic (exact) mass is 450 g/mol. The fourth-order valence-electron chi connectivity index (χ4n) is 4.05. The second-order valence-electron chi connectivity index (χ2n) is 8.06. The molecule has 1 aliphatic heterocycles. The maximum absolute atomic E-state index is 12.7. The molecule has 1 heterocycles. The van der Waals surface area contributed by atoms with Gasteiger partial charge in [0.05, 0.1) is 11.9 Å². The quantitative estimate of drug-likeness (QED) is 0.592. The highest BCUT2D eigenvalue weighted by molar-refractivity contribution is 7.92. The fourth-order valence-corrected chi connectivity index (χ4v) is 5.31. The standard InChI is InChI=1S/C25H26N2O4S/c1-18-13-22-15-21(11-12-24(22)27(18)32(2,29)30)25(28)26-16-19-7-6-8-20(14-19)17-31-23-9-4-3-5-10-23/h3-12,14-15,18H,13,16-17H2,1-2H3,(H,26,28). The van der Waals surface area contributed by atoms with E-state index < -0.39 is 10.0 Å². The van der Waals surface area contributed by atoms with Gasteiger partial charge in [0.2, 0.25) is 10.0 Å². The van der Waals surface area contributed by atoms with Gasteiger partial charge in [-0.3, -0.25) is 9.10 Å². The molecule has 3 aromatic carbocycles. The number of carbonyl (C=O) groups is 1. The van der Waals surface area contributed by atoms with Crippen LogP contribution in [0.4, 0.5) is 5.69 Å². The number of nitrogens with zero attached hydrogens (tertiary/aromatic N) is 1. The number of benzene rings is 3. The average molecular weight is 451 g/mol. The first-order valence-electron chi connectivity index (χ1n) is 10.5. The second-order valence-corrected chi connectivity index (χ2v) is 9.92. The molecule has 1 atom stereocenters. The molecule has 0 fully saturated rings. The van der Waals surface area contributed by atoms with Crippen LogP contribution in [0, 0.1) is 0 Å². The van der Waals surface area contributed by atoms with E-state index in [9.17, 15) is 13.2 Å². The number of anilines is 1. The summed E-state index contributed by atoms with van der Waals surface area (Å²) in [7, 11) is -3.35. The zero-order valence-corrected chi connectivity index (χ0v) is 18.9. The molecule has 0 saturated carbocycles. The lowest BCUT2D eigenvalue weighted by Crippen LogP contribution is -2.34. The summed E-state index contributed by atoms with van der Waals surface area (Å²) in [5, 5.41) is 2.95. The molecule has 1 N–H and O–H groups in total. The van der Waals surface area contributed by atoms with Crippen LogP contribution in [0.1, 0.15) is 34.0 Å². The van der Waals surface area contributed by atoms with E-state index in [2.05, 4.69) is 5.32 Å². The van der Waals surface area contributed by atoms with Crippen LogP contribution in [0.3, 0.4) is 0 Å². The molecule has 4 rings (SSSR count). The largest absolute Gasteiger partial charge is 0.489 e. The lowest BCUT2D eigenvalue weighted by molar-refractivity contribution is 0.0951. The molecule has 0 saturated heterocycles. The van der Waals surface area contributed by atoms with Gasteiger partial charge < -0.3 is 10.1 Å². The molecule has 0 aromatic heterocycles. The summed E-state index contributed by atoms with van der Waals surface area (Å²) in [4.78, 5) is 12.7. The molecule has 0 radical (unpaired) electrons. The van der Waals surface area contributed by atoms with Crippen molar-refractivity contribution in [3.63, 3.8) is 0 Å². The zero-order valence-electron chi connectivity index (χ0n) is 18.1. The minimum Gasteiger partial charge on any atom is -0.489 e. The Hall–Kier alpha value is -3.32. The number of rotatable bonds is 7. The van der Waals surface area contributed by atoms with Crippen molar-refractivity contribution in [3.05, 3.63) is 95.1 Å². The number of amides is 1. The third kappa shape index (κ3) is 4.94. The summed E-state index contributed by atoms with van der Waals surface area (Å²) in [6.07, 6.45) is 1.80. The van der Waals surface area contributed by atoms with Crippen LogP contribution in [0.2, 0.25) is 0 Å². The Morgan fingerprint density at radius 1 is 1.03 bits per heavy atom. The highest BCUT2D eigenvalue weighted by Gasteiger charge is 2.32. The molecular weight excluding hydrogens is 424 g/mol. The number of para-hydroxylation sites is 1. The van der Waals surface area contributed by atoms with Gasteiger partial charge in [0, 0.05) is 18.2 Å². The molecule has 3 aromatic rings. The van der Waals surface area contributed by atoms with Crippen molar-refractivity contribution in [3.8, 4) is 5.75 Å². The van der Waals surface area contributed by atoms with Crippen LogP contribution in [0.25, 0.3) is 0 Å². The van der Waals surface area contributed by atoms with Crippen molar-refractivity contribution in [1.29, 1.82) is 0 Å². The Morgan fingerprint density at radius 3 is 2.53 bits per heavy atom. The summed E-state index contributed by atoms with van der Waals surface area (Å²) in [6.45, 7) is 2.71. The van der Waals surface area contributed by atoms with Gasteiger partial charge in [0.15, 0.2) is 0 Å². The SMILES string of the molecule is CC1Cc2cc(C(=O)NCc3cccc(COc4ccccc4)c3)ccc2N1S(C)(=O)=O. The van der Waals surface area contributed by atoms with Gasteiger partial charge in [-0.05, 0) is 60.4 Å². The Morgan fingerprint density at radius 2 is 1.78 bits per heavy atom. The Balaban J connectivity index is 1.39. The van der Waals surface area contributed by atoms with Crippen molar-refractivity contribution >= 4 is 21.6 Å². The first kappa shape index (κ1) is 21.9. The molecule has 7 heteroatoms. The third-order valence-corrected chi connectivity index (χ3v) is 6.72. The molecule has 166 valence electrons. The maximum Gasteiger partial charge on any atom is 0.251 e. The molecule has 1 amide bonds. The van der Waals surface area contributed by atoms with Crippen LogP contribution in [0.5, 0.6) is 5.75 Å². The van der Waals surface area contributed by atoms with E-state index in [1.54, 1.807) is 18.2 Å². The van der Waals surface area contributed by atoms with Crippen LogP contribution in [0.15, 0.2) is 72.8 Å². The van der Waals surface area contributed by atoms with Crippen LogP contribution < -0.4 is 14.4 Å².